The van der Waals surface area contributed by atoms with E-state index in [1.807, 2.05) is 0 Å². The summed E-state index contributed by atoms with van der Waals surface area (Å²) in [5, 5.41) is 0.523. The van der Waals surface area contributed by atoms with Gasteiger partial charge in [-0.3, -0.25) is 9.59 Å². The summed E-state index contributed by atoms with van der Waals surface area (Å²) in [5.41, 5.74) is 0.537. The molecule has 0 radical (unpaired) electrons. The quantitative estimate of drug-likeness (QED) is 0.620. The Bertz CT molecular complexity index is 510. The van der Waals surface area contributed by atoms with Crippen molar-refractivity contribution in [2.45, 2.75) is 31.8 Å². The zero-order valence-corrected chi connectivity index (χ0v) is 12.9. The molecule has 0 bridgehead atoms. The molecule has 0 N–H and O–H groups in total. The van der Waals surface area contributed by atoms with Crippen molar-refractivity contribution in [2.24, 2.45) is 0 Å². The third-order valence-corrected chi connectivity index (χ3v) is 3.90. The van der Waals surface area contributed by atoms with Gasteiger partial charge in [0.2, 0.25) is 0 Å². The Balaban J connectivity index is 1.75. The molecule has 0 aromatic heterocycles. The second-order valence-electron chi connectivity index (χ2n) is 5.43. The van der Waals surface area contributed by atoms with Crippen LogP contribution in [0.1, 0.15) is 36.0 Å². The van der Waals surface area contributed by atoms with Gasteiger partial charge in [0.25, 0.3) is 0 Å². The Morgan fingerprint density at radius 2 is 2.00 bits per heavy atom. The lowest BCUT2D eigenvalue weighted by molar-refractivity contribution is -0.151. The highest BCUT2D eigenvalue weighted by Crippen LogP contribution is 2.15. The van der Waals surface area contributed by atoms with Crippen molar-refractivity contribution in [3.8, 4) is 0 Å². The summed E-state index contributed by atoms with van der Waals surface area (Å²) in [5.74, 6) is -0.377. The molecular formula is C16H20ClNO3. The molecule has 5 heteroatoms. The van der Waals surface area contributed by atoms with E-state index < -0.39 is 0 Å². The summed E-state index contributed by atoms with van der Waals surface area (Å²) in [7, 11) is 2.06. The fourth-order valence-electron chi connectivity index (χ4n) is 2.37. The summed E-state index contributed by atoms with van der Waals surface area (Å²) in [6.45, 7) is 1.89. The Labute approximate surface area is 130 Å². The fourth-order valence-corrected chi connectivity index (χ4v) is 2.56. The van der Waals surface area contributed by atoms with Crippen molar-refractivity contribution in [3.05, 3.63) is 34.9 Å². The topological polar surface area (TPSA) is 46.6 Å². The molecule has 0 saturated carbocycles. The summed E-state index contributed by atoms with van der Waals surface area (Å²) in [6, 6.07) is 6.77. The van der Waals surface area contributed by atoms with Crippen LogP contribution in [0.2, 0.25) is 5.02 Å². The summed E-state index contributed by atoms with van der Waals surface area (Å²) < 4.78 is 5.41. The number of rotatable bonds is 5. The third-order valence-electron chi connectivity index (χ3n) is 3.67. The molecule has 1 aromatic rings. The number of esters is 1. The zero-order chi connectivity index (χ0) is 15.2. The normalized spacial score (nSPS) is 16.7. The molecular weight excluding hydrogens is 290 g/mol. The molecule has 114 valence electrons. The number of Topliss-reactive ketones (excluding diaryl/α,β-unsaturated/α-hetero) is 1. The van der Waals surface area contributed by atoms with E-state index in [-0.39, 0.29) is 30.7 Å². The van der Waals surface area contributed by atoms with Crippen LogP contribution < -0.4 is 0 Å². The SMILES string of the molecule is CN1CCC(OC(=O)CCC(=O)c2cccc(Cl)c2)CC1. The van der Waals surface area contributed by atoms with E-state index in [1.165, 1.54) is 0 Å². The number of piperidine rings is 1. The highest BCUT2D eigenvalue weighted by atomic mass is 35.5. The standard InChI is InChI=1S/C16H20ClNO3/c1-18-9-7-14(8-10-18)21-16(20)6-5-15(19)12-3-2-4-13(17)11-12/h2-4,11,14H,5-10H2,1H3. The van der Waals surface area contributed by atoms with Gasteiger partial charge in [0.1, 0.15) is 6.10 Å². The Morgan fingerprint density at radius 1 is 1.29 bits per heavy atom. The molecule has 0 atom stereocenters. The molecule has 1 heterocycles. The first-order valence-electron chi connectivity index (χ1n) is 7.21. The number of ketones is 1. The molecule has 2 rings (SSSR count). The minimum Gasteiger partial charge on any atom is -0.462 e. The monoisotopic (exact) mass is 309 g/mol. The largest absolute Gasteiger partial charge is 0.462 e. The highest BCUT2D eigenvalue weighted by molar-refractivity contribution is 6.31. The van der Waals surface area contributed by atoms with Crippen LogP contribution in [0.3, 0.4) is 0 Å². The van der Waals surface area contributed by atoms with E-state index in [2.05, 4.69) is 11.9 Å². The zero-order valence-electron chi connectivity index (χ0n) is 12.2. The maximum Gasteiger partial charge on any atom is 0.306 e. The van der Waals surface area contributed by atoms with Crippen molar-refractivity contribution < 1.29 is 14.3 Å². The van der Waals surface area contributed by atoms with Crippen molar-refractivity contribution >= 4 is 23.4 Å². The second-order valence-corrected chi connectivity index (χ2v) is 5.86. The average molecular weight is 310 g/mol. The van der Waals surface area contributed by atoms with Crippen LogP contribution in [0.4, 0.5) is 0 Å². The van der Waals surface area contributed by atoms with E-state index in [9.17, 15) is 9.59 Å². The Kier molecular flexibility index (Phi) is 5.76. The lowest BCUT2D eigenvalue weighted by Crippen LogP contribution is -2.35. The van der Waals surface area contributed by atoms with E-state index in [0.717, 1.165) is 25.9 Å². The number of carbonyl (C=O) groups is 2. The predicted molar refractivity (Wildman–Crippen MR) is 81.6 cm³/mol. The number of hydrogen-bond acceptors (Lipinski definition) is 4. The Hall–Kier alpha value is -1.39. The second kappa shape index (κ2) is 7.57. The number of nitrogens with zero attached hydrogens (tertiary/aromatic N) is 1. The lowest BCUT2D eigenvalue weighted by atomic mass is 10.1. The van der Waals surface area contributed by atoms with Gasteiger partial charge >= 0.3 is 5.97 Å². The van der Waals surface area contributed by atoms with Crippen LogP contribution in [-0.2, 0) is 9.53 Å². The number of likely N-dealkylation sites (tertiary alicyclic amines) is 1. The van der Waals surface area contributed by atoms with Crippen LogP contribution in [0, 0.1) is 0 Å². The van der Waals surface area contributed by atoms with E-state index in [4.69, 9.17) is 16.3 Å². The molecule has 1 aliphatic rings. The van der Waals surface area contributed by atoms with Crippen LogP contribution in [0.5, 0.6) is 0 Å². The van der Waals surface area contributed by atoms with Gasteiger partial charge in [-0.1, -0.05) is 23.7 Å². The van der Waals surface area contributed by atoms with Crippen LogP contribution in [0.25, 0.3) is 0 Å². The third kappa shape index (κ3) is 5.14. The summed E-state index contributed by atoms with van der Waals surface area (Å²) >= 11 is 5.84. The smallest absolute Gasteiger partial charge is 0.306 e. The number of benzene rings is 1. The minimum absolute atomic E-state index is 0.00466. The molecule has 4 nitrogen and oxygen atoms in total. The summed E-state index contributed by atoms with van der Waals surface area (Å²) in [4.78, 5) is 26.0. The van der Waals surface area contributed by atoms with Gasteiger partial charge in [-0.25, -0.2) is 0 Å². The van der Waals surface area contributed by atoms with E-state index in [0.29, 0.717) is 10.6 Å². The molecule has 0 unspecified atom stereocenters. The number of ether oxygens (including phenoxy) is 1. The Morgan fingerprint density at radius 3 is 2.67 bits per heavy atom. The number of carbonyl (C=O) groups excluding carboxylic acids is 2. The molecule has 1 fully saturated rings. The van der Waals surface area contributed by atoms with Crippen molar-refractivity contribution in [3.63, 3.8) is 0 Å². The van der Waals surface area contributed by atoms with E-state index in [1.54, 1.807) is 24.3 Å². The number of hydrogen-bond donors (Lipinski definition) is 0. The number of halogens is 1. The van der Waals surface area contributed by atoms with Crippen molar-refractivity contribution in [1.82, 2.24) is 4.90 Å². The maximum absolute atomic E-state index is 12.0. The fraction of sp³-hybridized carbons (Fsp3) is 0.500. The molecule has 1 saturated heterocycles. The molecule has 0 aliphatic carbocycles. The van der Waals surface area contributed by atoms with Gasteiger partial charge in [0, 0.05) is 30.1 Å². The highest BCUT2D eigenvalue weighted by Gasteiger charge is 2.20. The van der Waals surface area contributed by atoms with Crippen molar-refractivity contribution in [1.29, 1.82) is 0 Å². The molecule has 21 heavy (non-hydrogen) atoms. The maximum atomic E-state index is 12.0. The van der Waals surface area contributed by atoms with Gasteiger partial charge in [-0.05, 0) is 32.0 Å². The van der Waals surface area contributed by atoms with E-state index >= 15 is 0 Å². The summed E-state index contributed by atoms with van der Waals surface area (Å²) in [6.07, 6.45) is 2.01. The van der Waals surface area contributed by atoms with Crippen molar-refractivity contribution in [2.75, 3.05) is 20.1 Å². The minimum atomic E-state index is -0.292. The molecule has 1 aromatic carbocycles. The first-order valence-corrected chi connectivity index (χ1v) is 7.59. The van der Waals surface area contributed by atoms with Gasteiger partial charge < -0.3 is 9.64 Å². The molecule has 1 aliphatic heterocycles. The van der Waals surface area contributed by atoms with Crippen LogP contribution >= 0.6 is 11.6 Å². The van der Waals surface area contributed by atoms with Gasteiger partial charge in [-0.2, -0.15) is 0 Å². The van der Waals surface area contributed by atoms with Gasteiger partial charge in [0.05, 0.1) is 6.42 Å². The van der Waals surface area contributed by atoms with Crippen LogP contribution in [0.15, 0.2) is 24.3 Å². The molecule has 0 amide bonds. The first kappa shape index (κ1) is 16.0. The van der Waals surface area contributed by atoms with Gasteiger partial charge in [0.15, 0.2) is 5.78 Å². The predicted octanol–water partition coefficient (Wildman–Crippen LogP) is 2.94. The first-order chi connectivity index (χ1) is 10.0. The lowest BCUT2D eigenvalue weighted by Gasteiger charge is -2.28. The average Bonchev–Trinajstić information content (AvgIpc) is 2.47. The molecule has 0 spiro atoms. The van der Waals surface area contributed by atoms with Gasteiger partial charge in [-0.15, -0.1) is 0 Å². The van der Waals surface area contributed by atoms with Crippen LogP contribution in [-0.4, -0.2) is 42.9 Å².